The van der Waals surface area contributed by atoms with Crippen LogP contribution in [-0.4, -0.2) is 126 Å². The maximum Gasteiger partial charge on any atom is 0.416 e. The van der Waals surface area contributed by atoms with Crippen LogP contribution in [0.4, 0.5) is 16.2 Å². The van der Waals surface area contributed by atoms with Gasteiger partial charge in [0.05, 0.1) is 62.4 Å². The fourth-order valence-electron chi connectivity index (χ4n) is 14.5. The van der Waals surface area contributed by atoms with Crippen molar-refractivity contribution in [1.29, 1.82) is 0 Å². The number of anilines is 2. The van der Waals surface area contributed by atoms with Gasteiger partial charge in [0.1, 0.15) is 18.1 Å². The summed E-state index contributed by atoms with van der Waals surface area (Å²) in [6.45, 7) is 10.0. The van der Waals surface area contributed by atoms with Crippen molar-refractivity contribution in [3.05, 3.63) is 189 Å². The number of methoxy groups -OCH3 is 1. The smallest absolute Gasteiger partial charge is 0.416 e. The lowest BCUT2D eigenvalue weighted by atomic mass is 9.89. The molecule has 536 valence electrons. The molecular formula is C83H90N6O14. The Bertz CT molecular complexity index is 4370. The SMILES string of the molecule is COc1cc2c(cc1OCCCCCOc1cc3c(cc1C)C(=O)N1CC4(CC4)C[C@H]1C(O)N3C(=O)OCc1ccc(CC(=O)[C@H](C)NC(=O)[C@@H](CC(=O)CNC(=O)CCC(=O)CCC(=O)N3Cc4ccccc4C#Cc4ccccc43)C(C)C)cc1)CC[C@@H]1CC(c3ccc(C)cc3)=CN1C2=O. The summed E-state index contributed by atoms with van der Waals surface area (Å²) in [4.78, 5) is 129. The number of unbranched alkanes of at least 4 members (excludes halogenated alkanes) is 2. The summed E-state index contributed by atoms with van der Waals surface area (Å²) in [5, 5.41) is 17.5. The van der Waals surface area contributed by atoms with E-state index >= 15 is 0 Å². The zero-order valence-electron chi connectivity index (χ0n) is 59.5. The minimum atomic E-state index is -1.41. The van der Waals surface area contributed by atoms with Gasteiger partial charge >= 0.3 is 6.09 Å². The first-order chi connectivity index (χ1) is 49.6. The van der Waals surface area contributed by atoms with Gasteiger partial charge in [0.15, 0.2) is 29.3 Å². The molecule has 20 heteroatoms. The van der Waals surface area contributed by atoms with Crippen molar-refractivity contribution in [1.82, 2.24) is 20.4 Å². The van der Waals surface area contributed by atoms with Gasteiger partial charge in [0.2, 0.25) is 17.7 Å². The van der Waals surface area contributed by atoms with E-state index in [1.54, 1.807) is 80.1 Å². The van der Waals surface area contributed by atoms with E-state index < -0.39 is 47.9 Å². The van der Waals surface area contributed by atoms with Gasteiger partial charge in [-0.15, -0.1) is 0 Å². The first-order valence-corrected chi connectivity index (χ1v) is 36.0. The minimum Gasteiger partial charge on any atom is -0.493 e. The number of hydrogen-bond acceptors (Lipinski definition) is 14. The van der Waals surface area contributed by atoms with Crippen LogP contribution in [-0.2, 0) is 59.5 Å². The lowest BCUT2D eigenvalue weighted by Crippen LogP contribution is -2.50. The second-order valence-corrected chi connectivity index (χ2v) is 28.7. The Kier molecular flexibility index (Phi) is 22.4. The number of para-hydroxylation sites is 1. The van der Waals surface area contributed by atoms with E-state index in [-0.39, 0.29) is 110 Å². The number of amides is 6. The van der Waals surface area contributed by atoms with Crippen molar-refractivity contribution in [3.8, 4) is 29.1 Å². The molecule has 5 atom stereocenters. The average molecular weight is 1400 g/mol. The summed E-state index contributed by atoms with van der Waals surface area (Å²) >= 11 is 0. The number of benzene rings is 6. The second kappa shape index (κ2) is 31.9. The summed E-state index contributed by atoms with van der Waals surface area (Å²) in [5.74, 6) is 4.28. The molecule has 0 radical (unpaired) electrons. The van der Waals surface area contributed by atoms with E-state index in [9.17, 15) is 48.3 Å². The fraction of sp³-hybridized carbons (Fsp3) is 0.410. The van der Waals surface area contributed by atoms with Crippen LogP contribution in [0, 0.1) is 42.9 Å². The molecule has 6 aromatic carbocycles. The summed E-state index contributed by atoms with van der Waals surface area (Å²) < 4.78 is 24.3. The van der Waals surface area contributed by atoms with Crippen LogP contribution >= 0.6 is 0 Å². The van der Waals surface area contributed by atoms with Crippen LogP contribution in [0.1, 0.15) is 175 Å². The molecule has 20 nitrogen and oxygen atoms in total. The molecule has 0 aromatic heterocycles. The monoisotopic (exact) mass is 1390 g/mol. The number of hydrogen-bond donors (Lipinski definition) is 3. The van der Waals surface area contributed by atoms with Crippen LogP contribution in [0.3, 0.4) is 0 Å². The fourth-order valence-corrected chi connectivity index (χ4v) is 14.5. The molecule has 1 saturated carbocycles. The second-order valence-electron chi connectivity index (χ2n) is 28.7. The zero-order chi connectivity index (χ0) is 72.6. The predicted molar refractivity (Wildman–Crippen MR) is 388 cm³/mol. The number of ketones is 3. The molecular weight excluding hydrogens is 1300 g/mol. The van der Waals surface area contributed by atoms with Crippen LogP contribution < -0.4 is 34.6 Å². The third-order valence-electron chi connectivity index (χ3n) is 20.9. The molecule has 6 aromatic rings. The molecule has 2 fully saturated rings. The molecule has 6 aliphatic rings. The number of ether oxygens (including phenoxy) is 4. The number of nitrogens with zero attached hydrogens (tertiary/aromatic N) is 4. The molecule has 1 spiro atoms. The van der Waals surface area contributed by atoms with Crippen molar-refractivity contribution in [2.75, 3.05) is 43.2 Å². The molecule has 5 aliphatic heterocycles. The van der Waals surface area contributed by atoms with Crippen molar-refractivity contribution >= 4 is 69.9 Å². The Balaban J connectivity index is 0.585. The van der Waals surface area contributed by atoms with E-state index in [0.29, 0.717) is 96.3 Å². The number of fused-ring (bicyclic) bond motifs is 6. The van der Waals surface area contributed by atoms with Crippen LogP contribution in [0.25, 0.3) is 5.57 Å². The third-order valence-corrected chi connectivity index (χ3v) is 20.9. The Morgan fingerprint density at radius 3 is 2.15 bits per heavy atom. The lowest BCUT2D eigenvalue weighted by molar-refractivity contribution is -0.133. The number of aliphatic hydroxyl groups is 1. The topological polar surface area (TPSA) is 248 Å². The van der Waals surface area contributed by atoms with Crippen molar-refractivity contribution < 1.29 is 67.2 Å². The van der Waals surface area contributed by atoms with Crippen molar-refractivity contribution in [2.24, 2.45) is 17.3 Å². The van der Waals surface area contributed by atoms with Gasteiger partial charge in [-0.1, -0.05) is 110 Å². The van der Waals surface area contributed by atoms with E-state index in [1.165, 1.54) is 10.5 Å². The Morgan fingerprint density at radius 2 is 1.41 bits per heavy atom. The molecule has 1 unspecified atom stereocenters. The highest BCUT2D eigenvalue weighted by Gasteiger charge is 2.58. The van der Waals surface area contributed by atoms with E-state index in [4.69, 9.17) is 18.9 Å². The van der Waals surface area contributed by atoms with Crippen molar-refractivity contribution in [2.45, 2.75) is 168 Å². The minimum absolute atomic E-state index is 0.0381. The first kappa shape index (κ1) is 72.4. The summed E-state index contributed by atoms with van der Waals surface area (Å²) in [5.41, 5.74) is 10.4. The van der Waals surface area contributed by atoms with Crippen LogP contribution in [0.2, 0.25) is 0 Å². The van der Waals surface area contributed by atoms with Gasteiger partial charge in [-0.2, -0.15) is 0 Å². The molecule has 12 rings (SSSR count). The van der Waals surface area contributed by atoms with Gasteiger partial charge in [0, 0.05) is 86.0 Å². The molecule has 3 N–H and O–H groups in total. The normalized spacial score (nSPS) is 17.9. The summed E-state index contributed by atoms with van der Waals surface area (Å²) in [7, 11) is 1.58. The standard InChI is InChI=1S/C83H90N6O14/c1-51(2)66(42-65(91)46-84-76(93)32-30-64(90)31-33-77(94)87-47-61-16-9-8-14-57(61)26-27-59-15-10-11-17-69(59)87)78(95)85-54(5)72(92)39-55-20-22-56(23-21-55)49-103-82(99)89-70-44-73(53(4)38-68(70)80(97)88-50-83(34-35-83)45-71(88)81(89)98)101-36-12-7-13-37-102-75-41-60-28-29-63-40-62(58-24-18-52(3)19-25-58)48-86(63)79(96)67(60)43-74(75)100-6/h8-11,14-25,38,41,43-44,48,51,54,63,66,71,81,98H,7,12-13,28-37,39-40,42,45-47,49-50H2,1-6H3,(H,84,93)(H,85,95)/t54-,63+,66-,71-,81?/m0/s1. The maximum absolute atomic E-state index is 14.4. The number of Topliss-reactive ketones (excluding diaryl/α,β-unsaturated/α-hetero) is 3. The molecule has 0 bridgehead atoms. The highest BCUT2D eigenvalue weighted by atomic mass is 16.6. The largest absolute Gasteiger partial charge is 0.493 e. The molecule has 103 heavy (non-hydrogen) atoms. The molecule has 6 amide bonds. The Hall–Kier alpha value is -10.4. The average Bonchev–Trinajstić information content (AvgIpc) is 1.56. The van der Waals surface area contributed by atoms with Gasteiger partial charge in [-0.05, 0) is 165 Å². The van der Waals surface area contributed by atoms with Gasteiger partial charge in [-0.25, -0.2) is 9.69 Å². The number of nitrogens with one attached hydrogen (secondary N) is 2. The number of carbonyl (C=O) groups is 9. The van der Waals surface area contributed by atoms with Crippen molar-refractivity contribution in [3.63, 3.8) is 0 Å². The third kappa shape index (κ3) is 16.9. The first-order valence-electron chi connectivity index (χ1n) is 36.0. The van der Waals surface area contributed by atoms with Crippen LogP contribution in [0.5, 0.6) is 17.2 Å². The summed E-state index contributed by atoms with van der Waals surface area (Å²) in [6.07, 6.45) is 5.98. The lowest BCUT2D eigenvalue weighted by Gasteiger charge is -2.31. The number of aryl methyl sites for hydroxylation is 3. The van der Waals surface area contributed by atoms with E-state index in [2.05, 4.69) is 53.7 Å². The van der Waals surface area contributed by atoms with Gasteiger partial charge in [-0.3, -0.25) is 38.4 Å². The van der Waals surface area contributed by atoms with Gasteiger partial charge < -0.3 is 49.4 Å². The number of aliphatic hydroxyl groups excluding tert-OH is 1. The summed E-state index contributed by atoms with van der Waals surface area (Å²) in [6, 6.07) is 35.9. The molecule has 5 heterocycles. The Labute approximate surface area is 601 Å². The van der Waals surface area contributed by atoms with Crippen LogP contribution in [0.15, 0.2) is 128 Å². The van der Waals surface area contributed by atoms with E-state index in [1.807, 2.05) is 72.6 Å². The maximum atomic E-state index is 14.4. The van der Waals surface area contributed by atoms with E-state index in [0.717, 1.165) is 66.4 Å². The zero-order valence-corrected chi connectivity index (χ0v) is 59.5. The quantitative estimate of drug-likeness (QED) is 0.0305. The number of carbonyl (C=O) groups excluding carboxylic acids is 9. The predicted octanol–water partition coefficient (Wildman–Crippen LogP) is 11.7. The molecule has 1 aliphatic carbocycles. The highest BCUT2D eigenvalue weighted by molar-refractivity contribution is 6.06. The highest BCUT2D eigenvalue weighted by Crippen LogP contribution is 2.57. The van der Waals surface area contributed by atoms with Gasteiger partial charge in [0.25, 0.3) is 11.8 Å². The molecule has 1 saturated heterocycles. The number of rotatable bonds is 28. The Morgan fingerprint density at radius 1 is 0.709 bits per heavy atom.